The molecule has 0 aliphatic carbocycles. The van der Waals surface area contributed by atoms with Gasteiger partial charge in [0.25, 0.3) is 0 Å². The second-order valence-corrected chi connectivity index (χ2v) is 5.44. The van der Waals surface area contributed by atoms with E-state index in [9.17, 15) is 4.79 Å². The molecule has 0 saturated heterocycles. The first kappa shape index (κ1) is 14.7. The zero-order chi connectivity index (χ0) is 15.5. The summed E-state index contributed by atoms with van der Waals surface area (Å²) in [6.07, 6.45) is 0. The molecule has 0 bridgehead atoms. The van der Waals surface area contributed by atoms with E-state index in [0.717, 1.165) is 5.56 Å². The van der Waals surface area contributed by atoms with Crippen molar-refractivity contribution < 1.29 is 19.0 Å². The molecule has 3 rings (SSSR count). The molecule has 0 fully saturated rings. The van der Waals surface area contributed by atoms with Crippen LogP contribution in [0.3, 0.4) is 0 Å². The van der Waals surface area contributed by atoms with Gasteiger partial charge in [0.05, 0.1) is 5.92 Å². The van der Waals surface area contributed by atoms with Crippen LogP contribution in [0.15, 0.2) is 42.5 Å². The Hall–Kier alpha value is -2.20. The Bertz CT molecular complexity index is 682. The Morgan fingerprint density at radius 3 is 2.50 bits per heavy atom. The van der Waals surface area contributed by atoms with Crippen molar-refractivity contribution in [2.24, 2.45) is 0 Å². The van der Waals surface area contributed by atoms with Crippen molar-refractivity contribution in [2.75, 3.05) is 13.2 Å². The van der Waals surface area contributed by atoms with Crippen molar-refractivity contribution in [2.45, 2.75) is 12.8 Å². The lowest BCUT2D eigenvalue weighted by molar-refractivity contribution is -0.135. The standard InChI is InChI=1S/C17H15ClO4/c1-11(17(19)22-14-5-3-13(18)4-6-14)12-2-7-15-16(10-12)21-9-8-20-15/h2-7,10-11H,8-9H2,1H3. The third-order valence-corrected chi connectivity index (χ3v) is 3.70. The van der Waals surface area contributed by atoms with Gasteiger partial charge in [-0.1, -0.05) is 17.7 Å². The van der Waals surface area contributed by atoms with E-state index in [1.165, 1.54) is 0 Å². The van der Waals surface area contributed by atoms with Gasteiger partial charge < -0.3 is 14.2 Å². The zero-order valence-electron chi connectivity index (χ0n) is 12.0. The summed E-state index contributed by atoms with van der Waals surface area (Å²) < 4.78 is 16.4. The van der Waals surface area contributed by atoms with Crippen LogP contribution in [0.25, 0.3) is 0 Å². The van der Waals surface area contributed by atoms with Gasteiger partial charge >= 0.3 is 5.97 Å². The topological polar surface area (TPSA) is 44.8 Å². The molecule has 1 unspecified atom stereocenters. The second-order valence-electron chi connectivity index (χ2n) is 5.00. The predicted octanol–water partition coefficient (Wildman–Crippen LogP) is 3.82. The highest BCUT2D eigenvalue weighted by Crippen LogP contribution is 2.33. The SMILES string of the molecule is CC(C(=O)Oc1ccc(Cl)cc1)c1ccc2c(c1)OCCO2. The highest BCUT2D eigenvalue weighted by Gasteiger charge is 2.20. The molecule has 114 valence electrons. The van der Waals surface area contributed by atoms with Crippen LogP contribution in [0.1, 0.15) is 18.4 Å². The Balaban J connectivity index is 1.73. The molecule has 1 atom stereocenters. The third kappa shape index (κ3) is 3.17. The lowest BCUT2D eigenvalue weighted by atomic mass is 10.0. The first-order chi connectivity index (χ1) is 10.6. The number of esters is 1. The summed E-state index contributed by atoms with van der Waals surface area (Å²) in [5, 5.41) is 0.597. The van der Waals surface area contributed by atoms with Gasteiger partial charge in [0.15, 0.2) is 11.5 Å². The molecule has 2 aromatic rings. The predicted molar refractivity (Wildman–Crippen MR) is 82.9 cm³/mol. The van der Waals surface area contributed by atoms with E-state index in [-0.39, 0.29) is 5.97 Å². The third-order valence-electron chi connectivity index (χ3n) is 3.45. The highest BCUT2D eigenvalue weighted by atomic mass is 35.5. The number of ether oxygens (including phenoxy) is 3. The van der Waals surface area contributed by atoms with Gasteiger partial charge in [-0.2, -0.15) is 0 Å². The quantitative estimate of drug-likeness (QED) is 0.637. The van der Waals surface area contributed by atoms with Gasteiger partial charge in [-0.05, 0) is 48.9 Å². The lowest BCUT2D eigenvalue weighted by Crippen LogP contribution is -2.18. The van der Waals surface area contributed by atoms with Crippen molar-refractivity contribution in [1.82, 2.24) is 0 Å². The summed E-state index contributed by atoms with van der Waals surface area (Å²) in [6.45, 7) is 2.85. The van der Waals surface area contributed by atoms with E-state index in [1.54, 1.807) is 31.2 Å². The van der Waals surface area contributed by atoms with Crippen LogP contribution in [0.4, 0.5) is 0 Å². The number of carbonyl (C=O) groups excluding carboxylic acids is 1. The first-order valence-electron chi connectivity index (χ1n) is 7.00. The van der Waals surface area contributed by atoms with E-state index in [0.29, 0.717) is 35.5 Å². The molecular weight excluding hydrogens is 304 g/mol. The Morgan fingerprint density at radius 1 is 1.09 bits per heavy atom. The minimum absolute atomic E-state index is 0.334. The summed E-state index contributed by atoms with van der Waals surface area (Å²) in [4.78, 5) is 12.2. The molecule has 0 radical (unpaired) electrons. The van der Waals surface area contributed by atoms with Crippen LogP contribution in [0.2, 0.25) is 5.02 Å². The molecule has 2 aromatic carbocycles. The molecule has 0 saturated carbocycles. The fourth-order valence-electron chi connectivity index (χ4n) is 2.17. The molecule has 0 N–H and O–H groups in total. The van der Waals surface area contributed by atoms with Crippen LogP contribution in [0, 0.1) is 0 Å². The summed E-state index contributed by atoms with van der Waals surface area (Å²) in [6, 6.07) is 12.2. The number of hydrogen-bond acceptors (Lipinski definition) is 4. The molecule has 0 spiro atoms. The molecule has 1 aliphatic heterocycles. The van der Waals surface area contributed by atoms with E-state index in [4.69, 9.17) is 25.8 Å². The highest BCUT2D eigenvalue weighted by molar-refractivity contribution is 6.30. The maximum atomic E-state index is 12.2. The number of benzene rings is 2. The van der Waals surface area contributed by atoms with Gasteiger partial charge in [0, 0.05) is 5.02 Å². The van der Waals surface area contributed by atoms with Crippen molar-refractivity contribution in [3.8, 4) is 17.2 Å². The van der Waals surface area contributed by atoms with Crippen LogP contribution in [-0.4, -0.2) is 19.2 Å². The summed E-state index contributed by atoms with van der Waals surface area (Å²) in [7, 11) is 0. The Morgan fingerprint density at radius 2 is 1.77 bits per heavy atom. The van der Waals surface area contributed by atoms with E-state index < -0.39 is 5.92 Å². The summed E-state index contributed by atoms with van der Waals surface area (Å²) >= 11 is 5.81. The monoisotopic (exact) mass is 318 g/mol. The maximum Gasteiger partial charge on any atom is 0.318 e. The van der Waals surface area contributed by atoms with Crippen LogP contribution < -0.4 is 14.2 Å². The van der Waals surface area contributed by atoms with Crippen LogP contribution >= 0.6 is 11.6 Å². The molecule has 1 heterocycles. The van der Waals surface area contributed by atoms with E-state index >= 15 is 0 Å². The van der Waals surface area contributed by atoms with Gasteiger partial charge in [0.2, 0.25) is 0 Å². The second kappa shape index (κ2) is 6.28. The molecular formula is C17H15ClO4. The minimum Gasteiger partial charge on any atom is -0.486 e. The first-order valence-corrected chi connectivity index (χ1v) is 7.38. The number of fused-ring (bicyclic) bond motifs is 1. The minimum atomic E-state index is -0.411. The van der Waals surface area contributed by atoms with Crippen LogP contribution in [-0.2, 0) is 4.79 Å². The van der Waals surface area contributed by atoms with Gasteiger partial charge in [0.1, 0.15) is 19.0 Å². The molecule has 1 aliphatic rings. The van der Waals surface area contributed by atoms with Crippen molar-refractivity contribution in [3.63, 3.8) is 0 Å². The van der Waals surface area contributed by atoms with Crippen molar-refractivity contribution in [3.05, 3.63) is 53.1 Å². The Labute approximate surface area is 133 Å². The van der Waals surface area contributed by atoms with Gasteiger partial charge in [-0.25, -0.2) is 0 Å². The summed E-state index contributed by atoms with van der Waals surface area (Å²) in [5.41, 5.74) is 0.822. The molecule has 22 heavy (non-hydrogen) atoms. The smallest absolute Gasteiger partial charge is 0.318 e. The number of rotatable bonds is 3. The fourth-order valence-corrected chi connectivity index (χ4v) is 2.30. The van der Waals surface area contributed by atoms with E-state index in [2.05, 4.69) is 0 Å². The summed E-state index contributed by atoms with van der Waals surface area (Å²) in [5.74, 6) is 1.09. The lowest BCUT2D eigenvalue weighted by Gasteiger charge is -2.20. The van der Waals surface area contributed by atoms with Gasteiger partial charge in [-0.3, -0.25) is 4.79 Å². The molecule has 0 aromatic heterocycles. The molecule has 5 heteroatoms. The number of halogens is 1. The number of hydrogen-bond donors (Lipinski definition) is 0. The Kier molecular flexibility index (Phi) is 4.20. The normalized spacial score (nSPS) is 14.3. The van der Waals surface area contributed by atoms with Crippen molar-refractivity contribution in [1.29, 1.82) is 0 Å². The largest absolute Gasteiger partial charge is 0.486 e. The zero-order valence-corrected chi connectivity index (χ0v) is 12.8. The van der Waals surface area contributed by atoms with E-state index in [1.807, 2.05) is 18.2 Å². The average Bonchev–Trinajstić information content (AvgIpc) is 2.55. The maximum absolute atomic E-state index is 12.2. The average molecular weight is 319 g/mol. The number of carbonyl (C=O) groups is 1. The molecule has 4 nitrogen and oxygen atoms in total. The van der Waals surface area contributed by atoms with Gasteiger partial charge in [-0.15, -0.1) is 0 Å². The fraction of sp³-hybridized carbons (Fsp3) is 0.235. The molecule has 0 amide bonds. The van der Waals surface area contributed by atoms with Crippen LogP contribution in [0.5, 0.6) is 17.2 Å². The van der Waals surface area contributed by atoms with Crippen molar-refractivity contribution >= 4 is 17.6 Å².